The summed E-state index contributed by atoms with van der Waals surface area (Å²) >= 11 is 1.64. The molecule has 1 N–H and O–H groups in total. The van der Waals surface area contributed by atoms with E-state index in [0.717, 1.165) is 16.0 Å². The number of carboxylic acids is 1. The van der Waals surface area contributed by atoms with E-state index in [2.05, 4.69) is 0 Å². The van der Waals surface area contributed by atoms with Crippen LogP contribution in [0.1, 0.15) is 11.1 Å². The summed E-state index contributed by atoms with van der Waals surface area (Å²) in [4.78, 5) is 25.8. The molecule has 196 valence electrons. The van der Waals surface area contributed by atoms with Gasteiger partial charge in [0.2, 0.25) is 5.67 Å². The Labute approximate surface area is 209 Å². The molecule has 0 radical (unpaired) electrons. The number of amides is 1. The first-order chi connectivity index (χ1) is 16.8. The van der Waals surface area contributed by atoms with Gasteiger partial charge in [-0.2, -0.15) is 13.2 Å². The van der Waals surface area contributed by atoms with E-state index >= 15 is 8.78 Å². The van der Waals surface area contributed by atoms with E-state index in [1.807, 2.05) is 36.6 Å². The van der Waals surface area contributed by atoms with E-state index in [1.54, 1.807) is 42.0 Å². The highest BCUT2D eigenvalue weighted by Gasteiger charge is 2.70. The largest absolute Gasteiger partial charge is 0.497 e. The van der Waals surface area contributed by atoms with Gasteiger partial charge in [-0.1, -0.05) is 24.3 Å². The molecule has 0 bridgehead atoms. The molecule has 2 saturated heterocycles. The van der Waals surface area contributed by atoms with Crippen LogP contribution in [0.25, 0.3) is 0 Å². The molecule has 2 aliphatic heterocycles. The minimum atomic E-state index is -5.08. The Morgan fingerprint density at radius 1 is 1.06 bits per heavy atom. The van der Waals surface area contributed by atoms with Gasteiger partial charge >= 0.3 is 12.1 Å². The number of hydrogen-bond donors (Lipinski definition) is 1. The second kappa shape index (κ2) is 10.6. The van der Waals surface area contributed by atoms with Crippen molar-refractivity contribution in [2.45, 2.75) is 35.5 Å². The summed E-state index contributed by atoms with van der Waals surface area (Å²) < 4.78 is 68.1. The molecule has 2 aromatic carbocycles. The van der Waals surface area contributed by atoms with Crippen LogP contribution in [0.4, 0.5) is 22.0 Å². The van der Waals surface area contributed by atoms with E-state index in [-0.39, 0.29) is 26.2 Å². The van der Waals surface area contributed by atoms with E-state index in [9.17, 15) is 18.0 Å². The summed E-state index contributed by atoms with van der Waals surface area (Å²) in [6.07, 6.45) is -3.08. The van der Waals surface area contributed by atoms with Crippen molar-refractivity contribution >= 4 is 23.6 Å². The van der Waals surface area contributed by atoms with Crippen molar-refractivity contribution in [3.05, 3.63) is 59.7 Å². The van der Waals surface area contributed by atoms with Gasteiger partial charge in [-0.05, 0) is 41.6 Å². The van der Waals surface area contributed by atoms with Gasteiger partial charge in [0.15, 0.2) is 5.67 Å². The summed E-state index contributed by atoms with van der Waals surface area (Å²) in [6, 6.07) is 15.1. The van der Waals surface area contributed by atoms with Gasteiger partial charge in [-0.15, -0.1) is 11.8 Å². The van der Waals surface area contributed by atoms with Gasteiger partial charge < -0.3 is 14.7 Å². The minimum Gasteiger partial charge on any atom is -0.497 e. The number of likely N-dealkylation sites (tertiary alicyclic amines) is 2. The van der Waals surface area contributed by atoms with Crippen LogP contribution in [0, 0.1) is 0 Å². The lowest BCUT2D eigenvalue weighted by molar-refractivity contribution is -0.192. The average molecular weight is 533 g/mol. The van der Waals surface area contributed by atoms with Crippen molar-refractivity contribution in [2.75, 3.05) is 33.0 Å². The first-order valence-electron chi connectivity index (χ1n) is 10.8. The van der Waals surface area contributed by atoms with Crippen LogP contribution >= 0.6 is 11.8 Å². The Hall–Kier alpha value is -2.86. The van der Waals surface area contributed by atoms with Crippen molar-refractivity contribution in [1.82, 2.24) is 9.80 Å². The molecule has 0 aromatic heterocycles. The molecular formula is C24H25F5N2O4S. The molecule has 1 amide bonds. The highest BCUT2D eigenvalue weighted by molar-refractivity contribution is 7.98. The monoisotopic (exact) mass is 532 g/mol. The highest BCUT2D eigenvalue weighted by Crippen LogP contribution is 2.46. The van der Waals surface area contributed by atoms with Gasteiger partial charge in [0, 0.05) is 31.1 Å². The summed E-state index contributed by atoms with van der Waals surface area (Å²) in [7, 11) is 1.56. The molecule has 2 aliphatic rings. The number of carbonyl (C=O) groups is 2. The Balaban J connectivity index is 0.000000454. The molecule has 4 rings (SSSR count). The molecule has 0 aliphatic carbocycles. The topological polar surface area (TPSA) is 70.1 Å². The standard InChI is InChI=1S/C22H24F2N2O2S.C2HF3O2/c1-28-18-5-3-4-17(10-18)12-26-14-21(23)13-25(15-22(21,24)20(26)27)11-16-6-8-19(29-2)9-7-16;3-2(4,5)1(6)7/h3-10H,11-15H2,1-2H3;(H,6,7)/t21-,22+;/m0./s1. The third-order valence-electron chi connectivity index (χ3n) is 6.01. The van der Waals surface area contributed by atoms with Crippen LogP contribution in [-0.2, 0) is 22.7 Å². The van der Waals surface area contributed by atoms with Crippen molar-refractivity contribution in [1.29, 1.82) is 0 Å². The number of thioether (sulfide) groups is 1. The average Bonchev–Trinajstić information content (AvgIpc) is 3.17. The lowest BCUT2D eigenvalue weighted by Gasteiger charge is -2.22. The number of halogens is 5. The predicted molar refractivity (Wildman–Crippen MR) is 123 cm³/mol. The molecule has 2 aromatic rings. The molecule has 12 heteroatoms. The van der Waals surface area contributed by atoms with Gasteiger partial charge in [0.25, 0.3) is 5.91 Å². The number of nitrogens with zero attached hydrogens (tertiary/aromatic N) is 2. The number of methoxy groups -OCH3 is 1. The molecule has 2 fully saturated rings. The van der Waals surface area contributed by atoms with Crippen molar-refractivity contribution in [3.63, 3.8) is 0 Å². The van der Waals surface area contributed by atoms with Crippen LogP contribution in [-0.4, -0.2) is 77.3 Å². The maximum absolute atomic E-state index is 15.6. The third kappa shape index (κ3) is 5.92. The summed E-state index contributed by atoms with van der Waals surface area (Å²) in [5, 5.41) is 7.12. The number of carboxylic acid groups (broad SMARTS) is 1. The second-order valence-corrected chi connectivity index (χ2v) is 9.46. The van der Waals surface area contributed by atoms with Crippen LogP contribution in [0.15, 0.2) is 53.4 Å². The molecule has 0 saturated carbocycles. The fourth-order valence-electron chi connectivity index (χ4n) is 4.26. The molecule has 0 unspecified atom stereocenters. The lowest BCUT2D eigenvalue weighted by Crippen LogP contribution is -2.47. The minimum absolute atomic E-state index is 0.0892. The summed E-state index contributed by atoms with van der Waals surface area (Å²) in [5.74, 6) is -2.87. The Bertz CT molecular complexity index is 1100. The number of benzene rings is 2. The Morgan fingerprint density at radius 3 is 2.22 bits per heavy atom. The maximum Gasteiger partial charge on any atom is 0.490 e. The van der Waals surface area contributed by atoms with Crippen LogP contribution in [0.3, 0.4) is 0 Å². The third-order valence-corrected chi connectivity index (χ3v) is 6.75. The number of aliphatic carboxylic acids is 1. The highest BCUT2D eigenvalue weighted by atomic mass is 32.2. The fourth-order valence-corrected chi connectivity index (χ4v) is 4.67. The van der Waals surface area contributed by atoms with E-state index < -0.39 is 29.4 Å². The quantitative estimate of drug-likeness (QED) is 0.442. The summed E-state index contributed by atoms with van der Waals surface area (Å²) in [5.41, 5.74) is -2.92. The molecular weight excluding hydrogens is 507 g/mol. The van der Waals surface area contributed by atoms with E-state index in [4.69, 9.17) is 14.6 Å². The number of carbonyl (C=O) groups excluding carboxylic acids is 1. The van der Waals surface area contributed by atoms with Crippen molar-refractivity contribution in [2.24, 2.45) is 0 Å². The zero-order valence-electron chi connectivity index (χ0n) is 19.5. The van der Waals surface area contributed by atoms with E-state index in [1.165, 1.54) is 4.90 Å². The van der Waals surface area contributed by atoms with Crippen LogP contribution < -0.4 is 4.74 Å². The number of rotatable bonds is 6. The van der Waals surface area contributed by atoms with Crippen molar-refractivity contribution in [3.8, 4) is 5.75 Å². The van der Waals surface area contributed by atoms with Crippen LogP contribution in [0.2, 0.25) is 0 Å². The SMILES string of the molecule is COc1cccc(CN2C[C@@]3(F)CN(Cc4ccc(SC)cc4)C[C@@]3(F)C2=O)c1.O=C(O)C(F)(F)F. The number of fused-ring (bicyclic) bond motifs is 1. The predicted octanol–water partition coefficient (Wildman–Crippen LogP) is 4.33. The smallest absolute Gasteiger partial charge is 0.490 e. The van der Waals surface area contributed by atoms with Crippen LogP contribution in [0.5, 0.6) is 5.75 Å². The first-order valence-corrected chi connectivity index (χ1v) is 12.0. The number of hydrogen-bond acceptors (Lipinski definition) is 5. The number of alkyl halides is 5. The van der Waals surface area contributed by atoms with Gasteiger partial charge in [-0.25, -0.2) is 13.6 Å². The molecule has 0 spiro atoms. The summed E-state index contributed by atoms with van der Waals surface area (Å²) in [6.45, 7) is 0.0511. The first kappa shape index (κ1) is 27.7. The lowest BCUT2D eigenvalue weighted by atomic mass is 9.93. The number of ether oxygens (including phenoxy) is 1. The van der Waals surface area contributed by atoms with Gasteiger partial charge in [0.05, 0.1) is 13.7 Å². The molecule has 2 heterocycles. The maximum atomic E-state index is 15.6. The zero-order chi connectivity index (χ0) is 26.7. The molecule has 6 nitrogen and oxygen atoms in total. The van der Waals surface area contributed by atoms with Gasteiger partial charge in [-0.3, -0.25) is 9.69 Å². The Morgan fingerprint density at radius 2 is 1.69 bits per heavy atom. The fraction of sp³-hybridized carbons (Fsp3) is 0.417. The van der Waals surface area contributed by atoms with Crippen molar-refractivity contribution < 1.29 is 41.4 Å². The molecule has 36 heavy (non-hydrogen) atoms. The zero-order valence-corrected chi connectivity index (χ0v) is 20.3. The van der Waals surface area contributed by atoms with Gasteiger partial charge in [0.1, 0.15) is 5.75 Å². The molecule has 2 atom stereocenters. The normalized spacial score (nSPS) is 23.8. The Kier molecular flexibility index (Phi) is 8.19. The van der Waals surface area contributed by atoms with E-state index in [0.29, 0.717) is 12.3 Å². The second-order valence-electron chi connectivity index (χ2n) is 8.58.